The molecule has 0 aliphatic carbocycles. The van der Waals surface area contributed by atoms with Crippen LogP contribution in [0.1, 0.15) is 49.1 Å². The van der Waals surface area contributed by atoms with Crippen LogP contribution in [0.5, 0.6) is 0 Å². The average molecular weight is 326 g/mol. The highest BCUT2D eigenvalue weighted by atomic mass is 16.5. The van der Waals surface area contributed by atoms with Crippen molar-refractivity contribution in [1.29, 1.82) is 5.26 Å². The number of rotatable bonds is 4. The van der Waals surface area contributed by atoms with E-state index in [1.807, 2.05) is 32.9 Å². The number of nitrogens with one attached hydrogen (secondary N) is 1. The Morgan fingerprint density at radius 2 is 2.29 bits per heavy atom. The van der Waals surface area contributed by atoms with Crippen molar-refractivity contribution >= 4 is 16.9 Å². The lowest BCUT2D eigenvalue weighted by Crippen LogP contribution is -2.43. The van der Waals surface area contributed by atoms with Gasteiger partial charge in [-0.1, -0.05) is 26.3 Å². The molecular formula is C19H22N2O3. The van der Waals surface area contributed by atoms with Crippen molar-refractivity contribution in [3.05, 3.63) is 34.5 Å². The van der Waals surface area contributed by atoms with Gasteiger partial charge in [0.25, 0.3) is 0 Å². The van der Waals surface area contributed by atoms with E-state index in [-0.39, 0.29) is 12.3 Å². The zero-order valence-corrected chi connectivity index (χ0v) is 14.3. The molecule has 1 aliphatic heterocycles. The predicted molar refractivity (Wildman–Crippen MR) is 90.8 cm³/mol. The van der Waals surface area contributed by atoms with Crippen LogP contribution in [0.15, 0.2) is 12.1 Å². The lowest BCUT2D eigenvalue weighted by molar-refractivity contribution is -0.155. The summed E-state index contributed by atoms with van der Waals surface area (Å²) < 4.78 is 6.10. The SMILES string of the molecule is CCC(C)[C@]1(CC(=O)O)OCCc2c1[nH]c1c(C)ccc(C#N)c21. The van der Waals surface area contributed by atoms with Crippen LogP contribution in [0, 0.1) is 24.2 Å². The summed E-state index contributed by atoms with van der Waals surface area (Å²) in [7, 11) is 0. The molecule has 2 aromatic rings. The van der Waals surface area contributed by atoms with Crippen LogP contribution in [0.25, 0.3) is 10.9 Å². The number of nitrogens with zero attached hydrogens (tertiary/aromatic N) is 1. The van der Waals surface area contributed by atoms with Gasteiger partial charge in [0, 0.05) is 5.39 Å². The summed E-state index contributed by atoms with van der Waals surface area (Å²) in [6.45, 7) is 6.53. The van der Waals surface area contributed by atoms with Gasteiger partial charge in [-0.3, -0.25) is 4.79 Å². The van der Waals surface area contributed by atoms with Gasteiger partial charge in [0.2, 0.25) is 0 Å². The number of aromatic nitrogens is 1. The Bertz CT molecular complexity index is 846. The number of aromatic amines is 1. The van der Waals surface area contributed by atoms with E-state index in [0.717, 1.165) is 34.1 Å². The van der Waals surface area contributed by atoms with Gasteiger partial charge in [-0.2, -0.15) is 5.26 Å². The molecule has 1 unspecified atom stereocenters. The third-order valence-electron chi connectivity index (χ3n) is 5.34. The first-order valence-electron chi connectivity index (χ1n) is 8.35. The van der Waals surface area contributed by atoms with Crippen molar-refractivity contribution in [2.45, 2.75) is 45.6 Å². The number of carbonyl (C=O) groups is 1. The van der Waals surface area contributed by atoms with Crippen molar-refractivity contribution in [3.63, 3.8) is 0 Å². The van der Waals surface area contributed by atoms with E-state index in [2.05, 4.69) is 11.1 Å². The lowest BCUT2D eigenvalue weighted by Gasteiger charge is -2.40. The fourth-order valence-corrected chi connectivity index (χ4v) is 3.88. The number of hydrogen-bond acceptors (Lipinski definition) is 3. The molecule has 0 saturated heterocycles. The molecule has 1 aromatic carbocycles. The van der Waals surface area contributed by atoms with E-state index in [9.17, 15) is 15.2 Å². The first-order valence-corrected chi connectivity index (χ1v) is 8.35. The molecule has 1 aliphatic rings. The Morgan fingerprint density at radius 3 is 2.92 bits per heavy atom. The van der Waals surface area contributed by atoms with E-state index >= 15 is 0 Å². The standard InChI is InChI=1S/C19H22N2O3/c1-4-12(3)19(9-15(22)23)18-14(7-8-24-19)16-13(10-20)6-5-11(2)17(16)21-18/h5-6,12,21H,4,7-9H2,1-3H3,(H,22,23)/t12?,19-/m0/s1. The van der Waals surface area contributed by atoms with Crippen molar-refractivity contribution in [1.82, 2.24) is 4.98 Å². The number of ether oxygens (including phenoxy) is 1. The number of hydrogen-bond donors (Lipinski definition) is 2. The van der Waals surface area contributed by atoms with Gasteiger partial charge in [0.05, 0.1) is 35.9 Å². The Hall–Kier alpha value is -2.32. The zero-order chi connectivity index (χ0) is 17.5. The summed E-state index contributed by atoms with van der Waals surface area (Å²) in [5.41, 5.74) is 3.61. The Labute approximate surface area is 141 Å². The quantitative estimate of drug-likeness (QED) is 0.898. The predicted octanol–water partition coefficient (Wildman–Crippen LogP) is 3.64. The van der Waals surface area contributed by atoms with E-state index in [1.54, 1.807) is 0 Å². The van der Waals surface area contributed by atoms with Crippen molar-refractivity contribution in [2.24, 2.45) is 5.92 Å². The second-order valence-corrected chi connectivity index (χ2v) is 6.64. The Kier molecular flexibility index (Phi) is 4.10. The van der Waals surface area contributed by atoms with Crippen molar-refractivity contribution < 1.29 is 14.6 Å². The van der Waals surface area contributed by atoms with Gasteiger partial charge in [-0.15, -0.1) is 0 Å². The maximum absolute atomic E-state index is 11.6. The third-order valence-corrected chi connectivity index (χ3v) is 5.34. The van der Waals surface area contributed by atoms with Gasteiger partial charge in [0.1, 0.15) is 5.60 Å². The van der Waals surface area contributed by atoms with E-state index in [1.165, 1.54) is 0 Å². The van der Waals surface area contributed by atoms with Crippen LogP contribution in [0.2, 0.25) is 0 Å². The van der Waals surface area contributed by atoms with Gasteiger partial charge in [-0.05, 0) is 36.5 Å². The maximum atomic E-state index is 11.6. The Morgan fingerprint density at radius 1 is 1.54 bits per heavy atom. The summed E-state index contributed by atoms with van der Waals surface area (Å²) in [6, 6.07) is 6.03. The molecule has 0 bridgehead atoms. The topological polar surface area (TPSA) is 86.1 Å². The van der Waals surface area contributed by atoms with Gasteiger partial charge < -0.3 is 14.8 Å². The molecule has 1 aromatic heterocycles. The number of fused-ring (bicyclic) bond motifs is 3. The van der Waals surface area contributed by atoms with Crippen LogP contribution in [-0.2, 0) is 21.6 Å². The summed E-state index contributed by atoms with van der Waals surface area (Å²) in [6.07, 6.45) is 1.42. The van der Waals surface area contributed by atoms with E-state index in [4.69, 9.17) is 4.74 Å². The van der Waals surface area contributed by atoms with E-state index < -0.39 is 11.6 Å². The molecule has 2 N–H and O–H groups in total. The minimum absolute atomic E-state index is 0.0477. The molecule has 0 radical (unpaired) electrons. The number of H-pyrrole nitrogens is 1. The minimum atomic E-state index is -0.876. The average Bonchev–Trinajstić information content (AvgIpc) is 2.96. The highest BCUT2D eigenvalue weighted by Crippen LogP contribution is 2.46. The monoisotopic (exact) mass is 326 g/mol. The van der Waals surface area contributed by atoms with Gasteiger partial charge in [-0.25, -0.2) is 0 Å². The number of carboxylic acid groups (broad SMARTS) is 1. The highest BCUT2D eigenvalue weighted by molar-refractivity contribution is 5.93. The molecule has 2 atom stereocenters. The number of carboxylic acids is 1. The molecule has 5 heteroatoms. The molecule has 0 spiro atoms. The summed E-state index contributed by atoms with van der Waals surface area (Å²) >= 11 is 0. The molecule has 0 amide bonds. The zero-order valence-electron chi connectivity index (χ0n) is 14.3. The molecule has 0 fully saturated rings. The summed E-state index contributed by atoms with van der Waals surface area (Å²) in [4.78, 5) is 15.0. The first kappa shape index (κ1) is 16.5. The second-order valence-electron chi connectivity index (χ2n) is 6.64. The smallest absolute Gasteiger partial charge is 0.306 e. The molecule has 0 saturated carbocycles. The summed E-state index contributed by atoms with van der Waals surface area (Å²) in [5, 5.41) is 19.9. The molecular weight excluding hydrogens is 304 g/mol. The normalized spacial score (nSPS) is 21.2. The fraction of sp³-hybridized carbons (Fsp3) is 0.474. The second kappa shape index (κ2) is 5.95. The van der Waals surface area contributed by atoms with Crippen molar-refractivity contribution in [2.75, 3.05) is 6.61 Å². The van der Waals surface area contributed by atoms with Crippen LogP contribution >= 0.6 is 0 Å². The molecule has 2 heterocycles. The first-order chi connectivity index (χ1) is 11.4. The minimum Gasteiger partial charge on any atom is -0.481 e. The lowest BCUT2D eigenvalue weighted by atomic mass is 9.77. The maximum Gasteiger partial charge on any atom is 0.306 e. The highest BCUT2D eigenvalue weighted by Gasteiger charge is 2.46. The summed E-state index contributed by atoms with van der Waals surface area (Å²) in [5.74, 6) is -0.828. The van der Waals surface area contributed by atoms with E-state index in [0.29, 0.717) is 18.6 Å². The third kappa shape index (κ3) is 2.30. The van der Waals surface area contributed by atoms with Crippen molar-refractivity contribution in [3.8, 4) is 6.07 Å². The van der Waals surface area contributed by atoms with Crippen LogP contribution in [0.4, 0.5) is 0 Å². The fourth-order valence-electron chi connectivity index (χ4n) is 3.88. The molecule has 3 rings (SSSR count). The van der Waals surface area contributed by atoms with Crippen LogP contribution in [-0.4, -0.2) is 22.7 Å². The van der Waals surface area contributed by atoms with Gasteiger partial charge >= 0.3 is 5.97 Å². The molecule has 24 heavy (non-hydrogen) atoms. The number of nitriles is 1. The number of aryl methyl sites for hydroxylation is 1. The number of aliphatic carboxylic acids is 1. The molecule has 5 nitrogen and oxygen atoms in total. The molecule has 126 valence electrons. The Balaban J connectivity index is 2.34. The van der Waals surface area contributed by atoms with Crippen LogP contribution < -0.4 is 0 Å². The van der Waals surface area contributed by atoms with Crippen LogP contribution in [0.3, 0.4) is 0 Å². The largest absolute Gasteiger partial charge is 0.481 e. The number of benzene rings is 1. The van der Waals surface area contributed by atoms with Gasteiger partial charge in [0.15, 0.2) is 0 Å².